The SMILES string of the molecule is CC(C)c1ccccc1NC(=O)COC(=O)c1cc2ccccc2s1. The van der Waals surface area contributed by atoms with Gasteiger partial charge >= 0.3 is 5.97 Å². The predicted molar refractivity (Wildman–Crippen MR) is 101 cm³/mol. The fraction of sp³-hybridized carbons (Fsp3) is 0.200. The molecule has 0 aliphatic carbocycles. The van der Waals surface area contributed by atoms with E-state index in [1.165, 1.54) is 11.3 Å². The number of nitrogens with one attached hydrogen (secondary N) is 1. The van der Waals surface area contributed by atoms with E-state index in [1.807, 2.05) is 48.5 Å². The van der Waals surface area contributed by atoms with Crippen molar-refractivity contribution in [3.05, 3.63) is 65.0 Å². The van der Waals surface area contributed by atoms with Crippen LogP contribution in [0.25, 0.3) is 10.1 Å². The summed E-state index contributed by atoms with van der Waals surface area (Å²) in [6.07, 6.45) is 0. The van der Waals surface area contributed by atoms with Crippen LogP contribution in [0, 0.1) is 0 Å². The van der Waals surface area contributed by atoms with Crippen molar-refractivity contribution < 1.29 is 14.3 Å². The molecule has 1 amide bonds. The van der Waals surface area contributed by atoms with Gasteiger partial charge in [-0.3, -0.25) is 4.79 Å². The third-order valence-electron chi connectivity index (χ3n) is 3.82. The molecule has 0 aliphatic heterocycles. The third kappa shape index (κ3) is 4.06. The van der Waals surface area contributed by atoms with E-state index in [-0.39, 0.29) is 18.4 Å². The van der Waals surface area contributed by atoms with Gasteiger partial charge in [-0.25, -0.2) is 4.79 Å². The summed E-state index contributed by atoms with van der Waals surface area (Å²) in [7, 11) is 0. The minimum atomic E-state index is -0.478. The summed E-state index contributed by atoms with van der Waals surface area (Å²) in [4.78, 5) is 24.8. The van der Waals surface area contributed by atoms with Crippen LogP contribution in [-0.2, 0) is 9.53 Å². The zero-order chi connectivity index (χ0) is 17.8. The van der Waals surface area contributed by atoms with Gasteiger partial charge in [0, 0.05) is 10.4 Å². The van der Waals surface area contributed by atoms with Gasteiger partial charge in [-0.1, -0.05) is 50.2 Å². The van der Waals surface area contributed by atoms with Crippen molar-refractivity contribution in [1.82, 2.24) is 0 Å². The van der Waals surface area contributed by atoms with Gasteiger partial charge in [0.2, 0.25) is 0 Å². The molecule has 1 heterocycles. The van der Waals surface area contributed by atoms with E-state index in [9.17, 15) is 9.59 Å². The largest absolute Gasteiger partial charge is 0.451 e. The second-order valence-corrected chi connectivity index (χ2v) is 7.10. The molecule has 5 heteroatoms. The minimum Gasteiger partial charge on any atom is -0.451 e. The van der Waals surface area contributed by atoms with E-state index in [4.69, 9.17) is 4.74 Å². The second kappa shape index (κ2) is 7.49. The Bertz CT molecular complexity index is 881. The number of hydrogen-bond donors (Lipinski definition) is 1. The van der Waals surface area contributed by atoms with E-state index < -0.39 is 5.97 Å². The normalized spacial score (nSPS) is 10.8. The predicted octanol–water partition coefficient (Wildman–Crippen LogP) is 4.82. The summed E-state index contributed by atoms with van der Waals surface area (Å²) in [5.41, 5.74) is 1.80. The van der Waals surface area contributed by atoms with E-state index in [1.54, 1.807) is 6.07 Å². The molecule has 3 aromatic rings. The quantitative estimate of drug-likeness (QED) is 0.669. The fourth-order valence-corrected chi connectivity index (χ4v) is 3.54. The third-order valence-corrected chi connectivity index (χ3v) is 4.91. The highest BCUT2D eigenvalue weighted by molar-refractivity contribution is 7.20. The number of carbonyl (C=O) groups excluding carboxylic acids is 2. The van der Waals surface area contributed by atoms with Crippen LogP contribution in [0.15, 0.2) is 54.6 Å². The highest BCUT2D eigenvalue weighted by Crippen LogP contribution is 2.26. The summed E-state index contributed by atoms with van der Waals surface area (Å²) in [6, 6.07) is 17.2. The number of esters is 1. The molecule has 0 bridgehead atoms. The van der Waals surface area contributed by atoms with Crippen molar-refractivity contribution in [3.8, 4) is 0 Å². The lowest BCUT2D eigenvalue weighted by atomic mass is 10.0. The molecule has 1 aromatic heterocycles. The van der Waals surface area contributed by atoms with Crippen LogP contribution in [0.4, 0.5) is 5.69 Å². The van der Waals surface area contributed by atoms with Crippen molar-refractivity contribution >= 4 is 39.0 Å². The van der Waals surface area contributed by atoms with Crippen LogP contribution < -0.4 is 5.32 Å². The van der Waals surface area contributed by atoms with Gasteiger partial charge in [-0.05, 0) is 35.1 Å². The zero-order valence-corrected chi connectivity index (χ0v) is 14.9. The molecule has 4 nitrogen and oxygen atoms in total. The van der Waals surface area contributed by atoms with Crippen LogP contribution in [0.1, 0.15) is 35.0 Å². The van der Waals surface area contributed by atoms with Crippen molar-refractivity contribution in [2.75, 3.05) is 11.9 Å². The molecule has 0 spiro atoms. The first-order chi connectivity index (χ1) is 12.0. The lowest BCUT2D eigenvalue weighted by Crippen LogP contribution is -2.21. The summed E-state index contributed by atoms with van der Waals surface area (Å²) in [5, 5.41) is 3.81. The Kier molecular flexibility index (Phi) is 5.14. The van der Waals surface area contributed by atoms with E-state index >= 15 is 0 Å². The molecule has 2 aromatic carbocycles. The topological polar surface area (TPSA) is 55.4 Å². The first kappa shape index (κ1) is 17.2. The number of ether oxygens (including phenoxy) is 1. The maximum atomic E-state index is 12.2. The van der Waals surface area contributed by atoms with Gasteiger partial charge in [0.05, 0.1) is 0 Å². The number of hydrogen-bond acceptors (Lipinski definition) is 4. The molecule has 25 heavy (non-hydrogen) atoms. The molecular weight excluding hydrogens is 334 g/mol. The monoisotopic (exact) mass is 353 g/mol. The lowest BCUT2D eigenvalue weighted by molar-refractivity contribution is -0.119. The molecule has 0 saturated carbocycles. The average Bonchev–Trinajstić information content (AvgIpc) is 3.04. The van der Waals surface area contributed by atoms with Crippen LogP contribution in [0.5, 0.6) is 0 Å². The Morgan fingerprint density at radius 2 is 1.80 bits per heavy atom. The van der Waals surface area contributed by atoms with Gasteiger partial charge in [0.15, 0.2) is 6.61 Å². The number of thiophene rings is 1. The minimum absolute atomic E-state index is 0.289. The number of para-hydroxylation sites is 1. The fourth-order valence-electron chi connectivity index (χ4n) is 2.59. The highest BCUT2D eigenvalue weighted by atomic mass is 32.1. The van der Waals surface area contributed by atoms with E-state index in [2.05, 4.69) is 19.2 Å². The zero-order valence-electron chi connectivity index (χ0n) is 14.1. The molecule has 0 saturated heterocycles. The molecule has 0 unspecified atom stereocenters. The van der Waals surface area contributed by atoms with Crippen molar-refractivity contribution in [3.63, 3.8) is 0 Å². The number of fused-ring (bicyclic) bond motifs is 1. The second-order valence-electron chi connectivity index (χ2n) is 6.01. The number of carbonyl (C=O) groups is 2. The standard InChI is InChI=1S/C20H19NO3S/c1-13(2)15-8-4-5-9-16(15)21-19(22)12-24-20(23)18-11-14-7-3-6-10-17(14)25-18/h3-11,13H,12H2,1-2H3,(H,21,22). The molecule has 1 N–H and O–H groups in total. The van der Waals surface area contributed by atoms with Crippen molar-refractivity contribution in [2.45, 2.75) is 19.8 Å². The Labute approximate surface area is 150 Å². The van der Waals surface area contributed by atoms with E-state index in [0.29, 0.717) is 4.88 Å². The Morgan fingerprint density at radius 1 is 1.08 bits per heavy atom. The molecule has 0 radical (unpaired) electrons. The van der Waals surface area contributed by atoms with E-state index in [0.717, 1.165) is 21.3 Å². The number of rotatable bonds is 5. The summed E-state index contributed by atoms with van der Waals surface area (Å²) in [6.45, 7) is 3.82. The van der Waals surface area contributed by atoms with Crippen LogP contribution >= 0.6 is 11.3 Å². The highest BCUT2D eigenvalue weighted by Gasteiger charge is 2.14. The van der Waals surface area contributed by atoms with Crippen LogP contribution in [0.2, 0.25) is 0 Å². The van der Waals surface area contributed by atoms with Gasteiger partial charge in [0.25, 0.3) is 5.91 Å². The van der Waals surface area contributed by atoms with Gasteiger partial charge in [0.1, 0.15) is 4.88 Å². The first-order valence-corrected chi connectivity index (χ1v) is 8.90. The number of benzene rings is 2. The molecular formula is C20H19NO3S. The Balaban J connectivity index is 1.61. The Morgan fingerprint density at radius 3 is 2.56 bits per heavy atom. The van der Waals surface area contributed by atoms with Gasteiger partial charge < -0.3 is 10.1 Å². The van der Waals surface area contributed by atoms with Crippen molar-refractivity contribution in [2.24, 2.45) is 0 Å². The molecule has 0 aliphatic rings. The maximum Gasteiger partial charge on any atom is 0.348 e. The smallest absolute Gasteiger partial charge is 0.348 e. The van der Waals surface area contributed by atoms with Crippen molar-refractivity contribution in [1.29, 1.82) is 0 Å². The number of anilines is 1. The Hall–Kier alpha value is -2.66. The summed E-state index contributed by atoms with van der Waals surface area (Å²) >= 11 is 1.36. The maximum absolute atomic E-state index is 12.2. The van der Waals surface area contributed by atoms with Gasteiger partial charge in [-0.15, -0.1) is 11.3 Å². The number of amides is 1. The average molecular weight is 353 g/mol. The molecule has 0 atom stereocenters. The molecule has 3 rings (SSSR count). The molecule has 128 valence electrons. The van der Waals surface area contributed by atoms with Crippen LogP contribution in [-0.4, -0.2) is 18.5 Å². The summed E-state index contributed by atoms with van der Waals surface area (Å²) in [5.74, 6) is -0.534. The first-order valence-electron chi connectivity index (χ1n) is 8.09. The van der Waals surface area contributed by atoms with Crippen LogP contribution in [0.3, 0.4) is 0 Å². The summed E-state index contributed by atoms with van der Waals surface area (Å²) < 4.78 is 6.17. The molecule has 0 fully saturated rings. The van der Waals surface area contributed by atoms with Gasteiger partial charge in [-0.2, -0.15) is 0 Å². The lowest BCUT2D eigenvalue weighted by Gasteiger charge is -2.13.